The highest BCUT2D eigenvalue weighted by Gasteiger charge is 2.39. The molecule has 0 bridgehead atoms. The molecule has 0 aliphatic carbocycles. The van der Waals surface area contributed by atoms with Crippen LogP contribution in [0.4, 0.5) is 4.39 Å². The Morgan fingerprint density at radius 3 is 2.96 bits per heavy atom. The Labute approximate surface area is 137 Å². The largest absolute Gasteiger partial charge is 0.380 e. The Hall–Kier alpha value is -1.99. The summed E-state index contributed by atoms with van der Waals surface area (Å²) < 4.78 is 19.4. The minimum atomic E-state index is -0.606. The molecule has 1 fully saturated rings. The first kappa shape index (κ1) is 15.9. The second-order valence-electron chi connectivity index (χ2n) is 5.47. The van der Waals surface area contributed by atoms with Crippen LogP contribution >= 0.6 is 11.6 Å². The van der Waals surface area contributed by atoms with Gasteiger partial charge in [0, 0.05) is 25.1 Å². The quantitative estimate of drug-likeness (QED) is 0.933. The number of carbonyl (C=O) groups excluding carboxylic acids is 1. The van der Waals surface area contributed by atoms with E-state index in [1.807, 2.05) is 0 Å². The summed E-state index contributed by atoms with van der Waals surface area (Å²) in [5.41, 5.74) is -0.0634. The highest BCUT2D eigenvalue weighted by Crippen LogP contribution is 2.33. The number of carbonyl (C=O) groups is 1. The molecular weight excluding hydrogens is 323 g/mol. The van der Waals surface area contributed by atoms with Gasteiger partial charge in [-0.15, -0.1) is 0 Å². The molecule has 1 saturated heterocycles. The Morgan fingerprint density at radius 2 is 2.30 bits per heavy atom. The zero-order valence-corrected chi connectivity index (χ0v) is 13.5. The summed E-state index contributed by atoms with van der Waals surface area (Å²) in [7, 11) is 1.58. The van der Waals surface area contributed by atoms with Gasteiger partial charge in [-0.2, -0.15) is 5.10 Å². The van der Waals surface area contributed by atoms with E-state index in [1.54, 1.807) is 14.0 Å². The molecule has 1 aliphatic rings. The van der Waals surface area contributed by atoms with Gasteiger partial charge in [0.2, 0.25) is 0 Å². The van der Waals surface area contributed by atoms with Crippen molar-refractivity contribution in [3.05, 3.63) is 46.3 Å². The predicted octanol–water partition coefficient (Wildman–Crippen LogP) is 2.51. The minimum Gasteiger partial charge on any atom is -0.380 e. The first-order chi connectivity index (χ1) is 11.0. The lowest BCUT2D eigenvalue weighted by Crippen LogP contribution is -2.33. The van der Waals surface area contributed by atoms with Crippen molar-refractivity contribution in [3.8, 4) is 0 Å². The summed E-state index contributed by atoms with van der Waals surface area (Å²) >= 11 is 5.89. The number of methoxy groups -OCH3 is 1. The number of hydrogen-bond donors (Lipinski definition) is 1. The van der Waals surface area contributed by atoms with Crippen LogP contribution in [-0.2, 0) is 4.74 Å². The average Bonchev–Trinajstić information content (AvgIpc) is 3.14. The van der Waals surface area contributed by atoms with Gasteiger partial charge in [-0.3, -0.25) is 9.89 Å². The van der Waals surface area contributed by atoms with Gasteiger partial charge in [0.15, 0.2) is 5.82 Å². The smallest absolute Gasteiger partial charge is 0.257 e. The molecule has 1 N–H and O–H groups in total. The lowest BCUT2D eigenvalue weighted by atomic mass is 10.1. The van der Waals surface area contributed by atoms with E-state index in [1.165, 1.54) is 23.1 Å². The molecule has 1 aliphatic heterocycles. The minimum absolute atomic E-state index is 0.0634. The topological polar surface area (TPSA) is 71.1 Å². The van der Waals surface area contributed by atoms with Crippen LogP contribution in [-0.4, -0.2) is 45.7 Å². The fourth-order valence-electron chi connectivity index (χ4n) is 2.76. The summed E-state index contributed by atoms with van der Waals surface area (Å²) in [5, 5.41) is 7.20. The summed E-state index contributed by atoms with van der Waals surface area (Å²) in [5.74, 6) is 0.0993. The van der Waals surface area contributed by atoms with E-state index >= 15 is 0 Å². The number of rotatable bonds is 3. The maximum absolute atomic E-state index is 14.0. The normalized spacial score (nSPS) is 21.0. The zero-order valence-electron chi connectivity index (χ0n) is 12.7. The molecule has 2 atom stereocenters. The number of halogens is 2. The molecule has 3 rings (SSSR count). The second kappa shape index (κ2) is 6.25. The van der Waals surface area contributed by atoms with E-state index < -0.39 is 11.7 Å². The molecule has 122 valence electrons. The Balaban J connectivity index is 1.94. The molecule has 23 heavy (non-hydrogen) atoms. The number of ether oxygens (including phenoxy) is 1. The van der Waals surface area contributed by atoms with E-state index in [0.717, 1.165) is 0 Å². The van der Waals surface area contributed by atoms with Gasteiger partial charge >= 0.3 is 0 Å². The Morgan fingerprint density at radius 1 is 1.52 bits per heavy atom. The second-order valence-corrected chi connectivity index (χ2v) is 5.91. The number of aryl methyl sites for hydroxylation is 1. The number of nitrogens with one attached hydrogen (secondary N) is 1. The monoisotopic (exact) mass is 338 g/mol. The van der Waals surface area contributed by atoms with Crippen molar-refractivity contribution in [1.82, 2.24) is 20.1 Å². The number of hydrogen-bond acceptors (Lipinski definition) is 4. The molecule has 0 radical (unpaired) electrons. The molecule has 2 unspecified atom stereocenters. The van der Waals surface area contributed by atoms with Crippen molar-refractivity contribution in [3.63, 3.8) is 0 Å². The van der Waals surface area contributed by atoms with Gasteiger partial charge in [-0.25, -0.2) is 9.37 Å². The van der Waals surface area contributed by atoms with Crippen molar-refractivity contribution in [2.75, 3.05) is 13.7 Å². The summed E-state index contributed by atoms with van der Waals surface area (Å²) in [6.07, 6.45) is 0.409. The fraction of sp³-hybridized carbons (Fsp3) is 0.400. The fourth-order valence-corrected chi connectivity index (χ4v) is 2.93. The lowest BCUT2D eigenvalue weighted by Gasteiger charge is -2.22. The zero-order chi connectivity index (χ0) is 16.6. The lowest BCUT2D eigenvalue weighted by molar-refractivity contribution is 0.0680. The summed E-state index contributed by atoms with van der Waals surface area (Å²) in [6.45, 7) is 2.13. The van der Waals surface area contributed by atoms with Crippen molar-refractivity contribution in [1.29, 1.82) is 0 Å². The number of likely N-dealkylation sites (tertiary alicyclic amines) is 1. The number of aromatic nitrogens is 3. The van der Waals surface area contributed by atoms with Crippen LogP contribution < -0.4 is 0 Å². The van der Waals surface area contributed by atoms with Crippen LogP contribution in [0.3, 0.4) is 0 Å². The van der Waals surface area contributed by atoms with E-state index in [4.69, 9.17) is 16.3 Å². The first-order valence-corrected chi connectivity index (χ1v) is 7.55. The number of H-pyrrole nitrogens is 1. The standard InChI is InChI=1S/C15H16ClFN4O2/c1-8-18-14(20-19-8)13-6-10(23-2)7-21(13)15(22)11-5-9(16)3-4-12(11)17/h3-5,10,13H,6-7H2,1-2H3,(H,18,19,20). The van der Waals surface area contributed by atoms with Crippen LogP contribution in [0.5, 0.6) is 0 Å². The van der Waals surface area contributed by atoms with Crippen molar-refractivity contribution >= 4 is 17.5 Å². The van der Waals surface area contributed by atoms with E-state index in [0.29, 0.717) is 29.6 Å². The van der Waals surface area contributed by atoms with E-state index in [2.05, 4.69) is 15.2 Å². The van der Waals surface area contributed by atoms with Gasteiger partial charge in [-0.1, -0.05) is 11.6 Å². The Kier molecular flexibility index (Phi) is 4.32. The molecular formula is C15H16ClFN4O2. The number of aromatic amines is 1. The summed E-state index contributed by atoms with van der Waals surface area (Å²) in [4.78, 5) is 18.6. The predicted molar refractivity (Wildman–Crippen MR) is 81.7 cm³/mol. The third-order valence-electron chi connectivity index (χ3n) is 3.93. The van der Waals surface area contributed by atoms with Crippen molar-refractivity contribution < 1.29 is 13.9 Å². The molecule has 6 nitrogen and oxygen atoms in total. The molecule has 1 amide bonds. The third kappa shape index (κ3) is 3.07. The number of benzene rings is 1. The van der Waals surface area contributed by atoms with Crippen LogP contribution in [0, 0.1) is 12.7 Å². The maximum atomic E-state index is 14.0. The van der Waals surface area contributed by atoms with Crippen LogP contribution in [0.25, 0.3) is 0 Å². The van der Waals surface area contributed by atoms with Gasteiger partial charge in [-0.05, 0) is 25.1 Å². The summed E-state index contributed by atoms with van der Waals surface area (Å²) in [6, 6.07) is 3.56. The highest BCUT2D eigenvalue weighted by atomic mass is 35.5. The average molecular weight is 339 g/mol. The van der Waals surface area contributed by atoms with Crippen LogP contribution in [0.2, 0.25) is 5.02 Å². The number of nitrogens with zero attached hydrogens (tertiary/aromatic N) is 3. The van der Waals surface area contributed by atoms with Crippen LogP contribution in [0.15, 0.2) is 18.2 Å². The van der Waals surface area contributed by atoms with E-state index in [-0.39, 0.29) is 17.7 Å². The molecule has 1 aromatic carbocycles. The highest BCUT2D eigenvalue weighted by molar-refractivity contribution is 6.31. The maximum Gasteiger partial charge on any atom is 0.257 e. The number of amides is 1. The SMILES string of the molecule is COC1CC(c2n[nH]c(C)n2)N(C(=O)c2cc(Cl)ccc2F)C1. The van der Waals surface area contributed by atoms with E-state index in [9.17, 15) is 9.18 Å². The molecule has 0 saturated carbocycles. The molecule has 0 spiro atoms. The Bertz CT molecular complexity index is 736. The van der Waals surface area contributed by atoms with Gasteiger partial charge in [0.05, 0.1) is 17.7 Å². The molecule has 2 heterocycles. The van der Waals surface area contributed by atoms with Crippen molar-refractivity contribution in [2.24, 2.45) is 0 Å². The third-order valence-corrected chi connectivity index (χ3v) is 4.16. The first-order valence-electron chi connectivity index (χ1n) is 7.17. The van der Waals surface area contributed by atoms with Gasteiger partial charge in [0.25, 0.3) is 5.91 Å². The van der Waals surface area contributed by atoms with Crippen molar-refractivity contribution in [2.45, 2.75) is 25.5 Å². The molecule has 1 aromatic heterocycles. The van der Waals surface area contributed by atoms with Crippen LogP contribution in [0.1, 0.15) is 34.5 Å². The van der Waals surface area contributed by atoms with Gasteiger partial charge in [0.1, 0.15) is 11.6 Å². The molecule has 8 heteroatoms. The van der Waals surface area contributed by atoms with Gasteiger partial charge < -0.3 is 9.64 Å². The molecule has 2 aromatic rings.